The molecule has 5 nitrogen and oxygen atoms in total. The van der Waals surface area contributed by atoms with E-state index in [1.807, 2.05) is 12.1 Å². The van der Waals surface area contributed by atoms with Crippen LogP contribution in [0.2, 0.25) is 0 Å². The molecule has 1 atom stereocenters. The predicted octanol–water partition coefficient (Wildman–Crippen LogP) is 0.962. The first-order valence-corrected chi connectivity index (χ1v) is 8.56. The molecule has 1 saturated carbocycles. The van der Waals surface area contributed by atoms with Crippen molar-refractivity contribution in [2.24, 2.45) is 4.99 Å². The highest BCUT2D eigenvalue weighted by Crippen LogP contribution is 2.31. The van der Waals surface area contributed by atoms with Crippen LogP contribution in [0.4, 0.5) is 0 Å². The maximum absolute atomic E-state index is 12.0. The Balaban J connectivity index is 1.62. The van der Waals surface area contributed by atoms with E-state index in [4.69, 9.17) is 0 Å². The van der Waals surface area contributed by atoms with E-state index in [0.717, 1.165) is 25.6 Å². The topological polar surface area (TPSA) is 61.8 Å². The molecule has 1 saturated heterocycles. The van der Waals surface area contributed by atoms with Gasteiger partial charge in [0.1, 0.15) is 5.84 Å². The van der Waals surface area contributed by atoms with Gasteiger partial charge in [-0.2, -0.15) is 0 Å². The number of aliphatic imine (C=N–C) groups is 1. The van der Waals surface area contributed by atoms with Crippen LogP contribution in [-0.4, -0.2) is 44.3 Å². The number of nitrogens with one attached hydrogen (secondary N) is 1. The van der Waals surface area contributed by atoms with Crippen molar-refractivity contribution in [3.8, 4) is 0 Å². The standard InChI is InChI=1S/C14H17N3O2S/c18-20(19)13-4-2-1-3-12(13)14(16-20)15-10-7-8-17(9-10)11-5-6-11/h1-4,10-11H,5-9H2,(H,15,16). The van der Waals surface area contributed by atoms with Gasteiger partial charge < -0.3 is 0 Å². The van der Waals surface area contributed by atoms with E-state index in [1.54, 1.807) is 12.1 Å². The summed E-state index contributed by atoms with van der Waals surface area (Å²) in [5.41, 5.74) is 0.706. The zero-order chi connectivity index (χ0) is 13.7. The molecule has 2 fully saturated rings. The van der Waals surface area contributed by atoms with E-state index >= 15 is 0 Å². The zero-order valence-electron chi connectivity index (χ0n) is 11.1. The molecule has 0 radical (unpaired) electrons. The normalized spacial score (nSPS) is 30.4. The Morgan fingerprint density at radius 2 is 2.00 bits per heavy atom. The quantitative estimate of drug-likeness (QED) is 0.883. The first-order chi connectivity index (χ1) is 9.63. The highest BCUT2D eigenvalue weighted by Gasteiger charge is 2.36. The first kappa shape index (κ1) is 12.3. The average molecular weight is 291 g/mol. The smallest absolute Gasteiger partial charge is 0.263 e. The molecule has 20 heavy (non-hydrogen) atoms. The summed E-state index contributed by atoms with van der Waals surface area (Å²) in [6, 6.07) is 8.00. The van der Waals surface area contributed by atoms with Crippen LogP contribution in [0.1, 0.15) is 24.8 Å². The minimum absolute atomic E-state index is 0.208. The van der Waals surface area contributed by atoms with E-state index < -0.39 is 10.0 Å². The molecule has 3 aliphatic rings. The summed E-state index contributed by atoms with van der Waals surface area (Å²) in [6.07, 6.45) is 3.63. The van der Waals surface area contributed by atoms with E-state index in [0.29, 0.717) is 16.3 Å². The molecule has 0 spiro atoms. The fourth-order valence-corrected chi connectivity index (χ4v) is 4.30. The number of hydrogen-bond donors (Lipinski definition) is 1. The van der Waals surface area contributed by atoms with Gasteiger partial charge in [-0.05, 0) is 31.4 Å². The van der Waals surface area contributed by atoms with Gasteiger partial charge >= 0.3 is 0 Å². The Morgan fingerprint density at radius 3 is 2.80 bits per heavy atom. The Hall–Kier alpha value is -1.40. The van der Waals surface area contributed by atoms with Crippen LogP contribution >= 0.6 is 0 Å². The summed E-state index contributed by atoms with van der Waals surface area (Å²) in [7, 11) is -3.41. The van der Waals surface area contributed by atoms with Crippen LogP contribution in [-0.2, 0) is 10.0 Å². The molecular weight excluding hydrogens is 274 g/mol. The minimum Gasteiger partial charge on any atom is -0.298 e. The van der Waals surface area contributed by atoms with E-state index in [1.165, 1.54) is 12.8 Å². The molecule has 0 bridgehead atoms. The lowest BCUT2D eigenvalue weighted by atomic mass is 10.2. The van der Waals surface area contributed by atoms with Gasteiger partial charge in [0.15, 0.2) is 0 Å². The molecule has 1 N–H and O–H groups in total. The molecule has 6 heteroatoms. The van der Waals surface area contributed by atoms with Crippen LogP contribution in [0.3, 0.4) is 0 Å². The third-order valence-electron chi connectivity index (χ3n) is 4.23. The van der Waals surface area contributed by atoms with Crippen molar-refractivity contribution in [2.75, 3.05) is 13.1 Å². The van der Waals surface area contributed by atoms with E-state index in [2.05, 4.69) is 14.6 Å². The van der Waals surface area contributed by atoms with Gasteiger partial charge in [-0.25, -0.2) is 8.42 Å². The summed E-state index contributed by atoms with van der Waals surface area (Å²) in [5.74, 6) is 0.517. The van der Waals surface area contributed by atoms with Crippen molar-refractivity contribution >= 4 is 15.9 Å². The van der Waals surface area contributed by atoms with Crippen LogP contribution in [0, 0.1) is 0 Å². The molecule has 2 aliphatic heterocycles. The van der Waals surface area contributed by atoms with E-state index in [-0.39, 0.29) is 6.04 Å². The number of hydrogen-bond acceptors (Lipinski definition) is 4. The highest BCUT2D eigenvalue weighted by molar-refractivity contribution is 7.90. The number of likely N-dealkylation sites (tertiary alicyclic amines) is 1. The Kier molecular flexibility index (Phi) is 2.65. The average Bonchev–Trinajstić information content (AvgIpc) is 3.12. The number of benzene rings is 1. The maximum Gasteiger partial charge on any atom is 0.263 e. The van der Waals surface area contributed by atoms with Gasteiger partial charge in [0, 0.05) is 24.7 Å². The first-order valence-electron chi connectivity index (χ1n) is 7.07. The lowest BCUT2D eigenvalue weighted by molar-refractivity contribution is 0.324. The number of rotatable bonds is 2. The third-order valence-corrected chi connectivity index (χ3v) is 5.63. The lowest BCUT2D eigenvalue weighted by Gasteiger charge is -2.13. The second-order valence-electron chi connectivity index (χ2n) is 5.75. The Morgan fingerprint density at radius 1 is 1.20 bits per heavy atom. The monoisotopic (exact) mass is 291 g/mol. The summed E-state index contributed by atoms with van der Waals surface area (Å²) >= 11 is 0. The number of sulfonamides is 1. The van der Waals surface area contributed by atoms with Crippen LogP contribution in [0.5, 0.6) is 0 Å². The molecule has 0 aromatic heterocycles. The van der Waals surface area contributed by atoms with E-state index in [9.17, 15) is 8.42 Å². The van der Waals surface area contributed by atoms with Crippen LogP contribution in [0.15, 0.2) is 34.2 Å². The second kappa shape index (κ2) is 4.30. The number of fused-ring (bicyclic) bond motifs is 1. The minimum atomic E-state index is -3.41. The van der Waals surface area contributed by atoms with Crippen molar-refractivity contribution < 1.29 is 8.42 Å². The van der Waals surface area contributed by atoms with Crippen molar-refractivity contribution in [2.45, 2.75) is 36.2 Å². The molecule has 106 valence electrons. The third kappa shape index (κ3) is 2.03. The van der Waals surface area contributed by atoms with Crippen molar-refractivity contribution in [1.82, 2.24) is 9.62 Å². The maximum atomic E-state index is 12.0. The van der Waals surface area contributed by atoms with Crippen molar-refractivity contribution in [3.63, 3.8) is 0 Å². The summed E-state index contributed by atoms with van der Waals surface area (Å²) < 4.78 is 26.6. The van der Waals surface area contributed by atoms with Crippen LogP contribution < -0.4 is 4.72 Å². The summed E-state index contributed by atoms with van der Waals surface area (Å²) in [4.78, 5) is 7.48. The SMILES string of the molecule is O=S1(=O)NC(=NC2CCN(C3CC3)C2)c2ccccc21. The number of amidine groups is 1. The summed E-state index contributed by atoms with van der Waals surface area (Å²) in [5, 5.41) is 0. The fraction of sp³-hybridized carbons (Fsp3) is 0.500. The Labute approximate surface area is 118 Å². The molecule has 4 rings (SSSR count). The van der Waals surface area contributed by atoms with Gasteiger partial charge in [-0.15, -0.1) is 0 Å². The van der Waals surface area contributed by atoms with Gasteiger partial charge in [0.2, 0.25) is 0 Å². The molecule has 0 amide bonds. The molecule has 1 aromatic rings. The second-order valence-corrected chi connectivity index (χ2v) is 7.40. The lowest BCUT2D eigenvalue weighted by Crippen LogP contribution is -2.26. The van der Waals surface area contributed by atoms with Crippen molar-refractivity contribution in [1.29, 1.82) is 0 Å². The highest BCUT2D eigenvalue weighted by atomic mass is 32.2. The van der Waals surface area contributed by atoms with Gasteiger partial charge in [0.05, 0.1) is 10.9 Å². The molecular formula is C14H17N3O2S. The number of nitrogens with zero attached hydrogens (tertiary/aromatic N) is 2. The largest absolute Gasteiger partial charge is 0.298 e. The molecule has 1 aliphatic carbocycles. The van der Waals surface area contributed by atoms with Gasteiger partial charge in [-0.3, -0.25) is 14.6 Å². The van der Waals surface area contributed by atoms with Gasteiger partial charge in [-0.1, -0.05) is 12.1 Å². The predicted molar refractivity (Wildman–Crippen MR) is 76.3 cm³/mol. The fourth-order valence-electron chi connectivity index (χ4n) is 3.06. The molecule has 1 unspecified atom stereocenters. The van der Waals surface area contributed by atoms with Crippen LogP contribution in [0.25, 0.3) is 0 Å². The Bertz CT molecular complexity index is 679. The molecule has 1 aromatic carbocycles. The van der Waals surface area contributed by atoms with Gasteiger partial charge in [0.25, 0.3) is 10.0 Å². The van der Waals surface area contributed by atoms with Crippen molar-refractivity contribution in [3.05, 3.63) is 29.8 Å². The molecule has 2 heterocycles. The zero-order valence-corrected chi connectivity index (χ0v) is 11.9. The summed E-state index contributed by atoms with van der Waals surface area (Å²) in [6.45, 7) is 2.04.